The van der Waals surface area contributed by atoms with Crippen molar-refractivity contribution in [2.45, 2.75) is 43.9 Å². The highest BCUT2D eigenvalue weighted by Crippen LogP contribution is 2.61. The summed E-state index contributed by atoms with van der Waals surface area (Å²) in [5.41, 5.74) is 14.0. The lowest BCUT2D eigenvalue weighted by Crippen LogP contribution is -2.48. The molecule has 280 valence electrons. The molecule has 0 aliphatic heterocycles. The van der Waals surface area contributed by atoms with Crippen LogP contribution >= 0.6 is 0 Å². The van der Waals surface area contributed by atoms with Crippen molar-refractivity contribution in [3.63, 3.8) is 0 Å². The summed E-state index contributed by atoms with van der Waals surface area (Å²) in [6, 6.07) is 70.0. The molecule has 4 saturated carbocycles. The Morgan fingerprint density at radius 1 is 0.414 bits per heavy atom. The van der Waals surface area contributed by atoms with Gasteiger partial charge >= 0.3 is 0 Å². The van der Waals surface area contributed by atoms with Crippen molar-refractivity contribution in [2.24, 2.45) is 17.8 Å². The van der Waals surface area contributed by atoms with E-state index in [4.69, 9.17) is 0 Å². The SMILES string of the molecule is c1ccc(-c2ccc(N(c3ccc(-c4ccccc4-n4c5ccccc5c5cc6ccccc6cc54)cc3)c3cccc(C45C[C@H]6C[C@H](C4)C[C@@H](C5)C6)c3)cc2)cc1. The first-order valence-corrected chi connectivity index (χ1v) is 21.3. The minimum absolute atomic E-state index is 0.334. The molecule has 0 saturated heterocycles. The summed E-state index contributed by atoms with van der Waals surface area (Å²) in [5, 5.41) is 5.08. The zero-order chi connectivity index (χ0) is 38.2. The normalized spacial score (nSPS) is 20.9. The highest BCUT2D eigenvalue weighted by Gasteiger charge is 2.51. The minimum atomic E-state index is 0.334. The van der Waals surface area contributed by atoms with Gasteiger partial charge in [-0.3, -0.25) is 0 Å². The van der Waals surface area contributed by atoms with Gasteiger partial charge in [-0.15, -0.1) is 0 Å². The average Bonchev–Trinajstić information content (AvgIpc) is 3.59. The summed E-state index contributed by atoms with van der Waals surface area (Å²) in [7, 11) is 0. The molecule has 2 nitrogen and oxygen atoms in total. The Balaban J connectivity index is 0.968. The second-order valence-electron chi connectivity index (χ2n) is 17.6. The van der Waals surface area contributed by atoms with Crippen molar-refractivity contribution in [3.05, 3.63) is 194 Å². The van der Waals surface area contributed by atoms with Crippen LogP contribution in [-0.2, 0) is 5.41 Å². The third kappa shape index (κ3) is 5.53. The number of hydrogen-bond donors (Lipinski definition) is 0. The predicted octanol–water partition coefficient (Wildman–Crippen LogP) is 15.2. The first-order valence-electron chi connectivity index (χ1n) is 21.3. The van der Waals surface area contributed by atoms with Crippen molar-refractivity contribution < 1.29 is 0 Å². The molecular weight excluding hydrogens is 701 g/mol. The van der Waals surface area contributed by atoms with Gasteiger partial charge in [-0.2, -0.15) is 0 Å². The molecule has 9 aromatic rings. The van der Waals surface area contributed by atoms with E-state index in [9.17, 15) is 0 Å². The zero-order valence-electron chi connectivity index (χ0n) is 32.8. The summed E-state index contributed by atoms with van der Waals surface area (Å²) in [5.74, 6) is 2.73. The van der Waals surface area contributed by atoms with Crippen LogP contribution in [0.25, 0.3) is 60.5 Å². The van der Waals surface area contributed by atoms with E-state index in [1.807, 2.05) is 0 Å². The number of aromatic nitrogens is 1. The quantitative estimate of drug-likeness (QED) is 0.158. The molecule has 13 rings (SSSR count). The smallest absolute Gasteiger partial charge is 0.0547 e. The van der Waals surface area contributed by atoms with E-state index in [1.165, 1.54) is 116 Å². The van der Waals surface area contributed by atoms with Crippen LogP contribution in [0.4, 0.5) is 17.1 Å². The highest BCUT2D eigenvalue weighted by molar-refractivity contribution is 6.14. The van der Waals surface area contributed by atoms with Gasteiger partial charge in [0.15, 0.2) is 0 Å². The van der Waals surface area contributed by atoms with Crippen molar-refractivity contribution in [1.29, 1.82) is 0 Å². The van der Waals surface area contributed by atoms with E-state index in [-0.39, 0.29) is 0 Å². The number of rotatable bonds is 7. The molecule has 0 atom stereocenters. The molecule has 4 fully saturated rings. The Hall–Kier alpha value is -6.38. The number of anilines is 3. The maximum Gasteiger partial charge on any atom is 0.0547 e. The molecule has 2 heteroatoms. The second-order valence-corrected chi connectivity index (χ2v) is 17.6. The van der Waals surface area contributed by atoms with Gasteiger partial charge in [-0.05, 0) is 155 Å². The summed E-state index contributed by atoms with van der Waals surface area (Å²) in [4.78, 5) is 2.48. The number of fused-ring (bicyclic) bond motifs is 4. The molecule has 58 heavy (non-hydrogen) atoms. The predicted molar refractivity (Wildman–Crippen MR) is 244 cm³/mol. The molecule has 0 radical (unpaired) electrons. The fourth-order valence-electron chi connectivity index (χ4n) is 11.9. The zero-order valence-corrected chi connectivity index (χ0v) is 32.8. The van der Waals surface area contributed by atoms with Crippen LogP contribution in [0, 0.1) is 17.8 Å². The number of hydrogen-bond acceptors (Lipinski definition) is 1. The van der Waals surface area contributed by atoms with Crippen LogP contribution in [0.3, 0.4) is 0 Å². The maximum absolute atomic E-state index is 2.55. The number of para-hydroxylation sites is 2. The Morgan fingerprint density at radius 2 is 1.00 bits per heavy atom. The van der Waals surface area contributed by atoms with Crippen LogP contribution in [0.2, 0.25) is 0 Å². The number of nitrogens with zero attached hydrogens (tertiary/aromatic N) is 2. The van der Waals surface area contributed by atoms with E-state index >= 15 is 0 Å². The Kier molecular flexibility index (Phi) is 7.76. The molecule has 4 aliphatic rings. The molecule has 1 aromatic heterocycles. The Labute approximate surface area is 341 Å². The minimum Gasteiger partial charge on any atom is -0.310 e. The lowest BCUT2D eigenvalue weighted by molar-refractivity contribution is -0.00516. The van der Waals surface area contributed by atoms with Crippen molar-refractivity contribution in [3.8, 4) is 27.9 Å². The van der Waals surface area contributed by atoms with Crippen LogP contribution in [0.15, 0.2) is 188 Å². The first kappa shape index (κ1) is 33.7. The molecule has 0 amide bonds. The standard InChI is InChI=1S/C56H46N2/c1-2-11-41(12-3-1)42-21-25-47(26-22-42)57(49-16-10-15-46(34-49)56-35-38-29-39(36-56)31-40(30-38)37-56)48-27-23-43(24-28-48)50-17-6-8-19-53(50)58-54-20-9-7-18-51(54)52-32-44-13-4-5-14-45(44)33-55(52)58/h1-28,32-34,38-40H,29-31,35-37H2/t38-,39-,40-,56?. The van der Waals surface area contributed by atoms with Crippen LogP contribution in [0.1, 0.15) is 44.1 Å². The molecule has 0 spiro atoms. The fourth-order valence-corrected chi connectivity index (χ4v) is 11.9. The fraction of sp³-hybridized carbons (Fsp3) is 0.179. The van der Waals surface area contributed by atoms with Crippen LogP contribution in [0.5, 0.6) is 0 Å². The van der Waals surface area contributed by atoms with Gasteiger partial charge in [-0.25, -0.2) is 0 Å². The van der Waals surface area contributed by atoms with Gasteiger partial charge in [-0.1, -0.05) is 127 Å². The topological polar surface area (TPSA) is 8.17 Å². The van der Waals surface area contributed by atoms with Crippen molar-refractivity contribution >= 4 is 49.6 Å². The van der Waals surface area contributed by atoms with Gasteiger partial charge < -0.3 is 9.47 Å². The molecule has 0 unspecified atom stereocenters. The second kappa shape index (κ2) is 13.4. The van der Waals surface area contributed by atoms with Gasteiger partial charge in [0.1, 0.15) is 0 Å². The first-order chi connectivity index (χ1) is 28.7. The number of benzene rings is 8. The van der Waals surface area contributed by atoms with Gasteiger partial charge in [0.05, 0.1) is 16.7 Å². The molecule has 8 aromatic carbocycles. The summed E-state index contributed by atoms with van der Waals surface area (Å²) in [6.45, 7) is 0. The molecule has 4 aliphatic carbocycles. The molecule has 1 heterocycles. The van der Waals surface area contributed by atoms with E-state index < -0.39 is 0 Å². The van der Waals surface area contributed by atoms with E-state index in [0.717, 1.165) is 17.8 Å². The largest absolute Gasteiger partial charge is 0.310 e. The van der Waals surface area contributed by atoms with Gasteiger partial charge in [0.2, 0.25) is 0 Å². The highest BCUT2D eigenvalue weighted by atomic mass is 15.1. The van der Waals surface area contributed by atoms with Gasteiger partial charge in [0, 0.05) is 33.4 Å². The van der Waals surface area contributed by atoms with E-state index in [0.29, 0.717) is 5.41 Å². The summed E-state index contributed by atoms with van der Waals surface area (Å²) >= 11 is 0. The lowest BCUT2D eigenvalue weighted by Gasteiger charge is -2.57. The Morgan fingerprint density at radius 3 is 1.72 bits per heavy atom. The van der Waals surface area contributed by atoms with Crippen LogP contribution in [-0.4, -0.2) is 4.57 Å². The van der Waals surface area contributed by atoms with Crippen LogP contribution < -0.4 is 4.90 Å². The van der Waals surface area contributed by atoms with Crippen molar-refractivity contribution in [1.82, 2.24) is 4.57 Å². The monoisotopic (exact) mass is 746 g/mol. The van der Waals surface area contributed by atoms with Gasteiger partial charge in [0.25, 0.3) is 0 Å². The summed E-state index contributed by atoms with van der Waals surface area (Å²) in [6.07, 6.45) is 8.48. The third-order valence-corrected chi connectivity index (χ3v) is 14.1. The Bertz CT molecular complexity index is 2940. The van der Waals surface area contributed by atoms with E-state index in [2.05, 4.69) is 198 Å². The average molecular weight is 747 g/mol. The third-order valence-electron chi connectivity index (χ3n) is 14.1. The van der Waals surface area contributed by atoms with Crippen molar-refractivity contribution in [2.75, 3.05) is 4.90 Å². The molecule has 4 bridgehead atoms. The molecule has 0 N–H and O–H groups in total. The summed E-state index contributed by atoms with van der Waals surface area (Å²) < 4.78 is 2.47. The van der Waals surface area contributed by atoms with E-state index in [1.54, 1.807) is 5.56 Å². The lowest BCUT2D eigenvalue weighted by atomic mass is 9.48. The maximum atomic E-state index is 2.55. The molecular formula is C56H46N2.